The summed E-state index contributed by atoms with van der Waals surface area (Å²) in [5, 5.41) is 12.3. The topological polar surface area (TPSA) is 81.1 Å². The quantitative estimate of drug-likeness (QED) is 0.858. The van der Waals surface area contributed by atoms with E-state index in [9.17, 15) is 0 Å². The van der Waals surface area contributed by atoms with Gasteiger partial charge in [0, 0.05) is 25.3 Å². The summed E-state index contributed by atoms with van der Waals surface area (Å²) in [6.45, 7) is 5.88. The smallest absolute Gasteiger partial charge is 0.233 e. The Morgan fingerprint density at radius 2 is 2.05 bits per heavy atom. The van der Waals surface area contributed by atoms with E-state index in [0.717, 1.165) is 37.6 Å². The normalized spacial score (nSPS) is 24.5. The van der Waals surface area contributed by atoms with Crippen LogP contribution in [-0.4, -0.2) is 38.3 Å². The van der Waals surface area contributed by atoms with Crippen LogP contribution in [0.4, 0.5) is 0 Å². The molecule has 7 nitrogen and oxygen atoms in total. The number of nitrogens with zero attached hydrogens (tertiary/aromatic N) is 5. The number of hydrogen-bond acceptors (Lipinski definition) is 7. The molecule has 2 atom stereocenters. The maximum atomic E-state index is 5.57. The van der Waals surface area contributed by atoms with Gasteiger partial charge in [0.1, 0.15) is 0 Å². The van der Waals surface area contributed by atoms with Crippen LogP contribution in [0, 0.1) is 6.92 Å². The second-order valence-electron chi connectivity index (χ2n) is 6.43. The van der Waals surface area contributed by atoms with E-state index >= 15 is 0 Å². The van der Waals surface area contributed by atoms with Gasteiger partial charge >= 0.3 is 0 Å². The van der Waals surface area contributed by atoms with Gasteiger partial charge in [0.25, 0.3) is 0 Å². The Bertz CT molecular complexity index is 648. The molecule has 3 heterocycles. The van der Waals surface area contributed by atoms with Gasteiger partial charge in [-0.25, -0.2) is 0 Å². The highest BCUT2D eigenvalue weighted by molar-refractivity contribution is 5.06. The van der Waals surface area contributed by atoms with Crippen LogP contribution in [0.15, 0.2) is 8.94 Å². The first-order valence-electron chi connectivity index (χ1n) is 8.08. The number of aryl methyl sites for hydroxylation is 1. The van der Waals surface area contributed by atoms with Crippen molar-refractivity contribution in [3.05, 3.63) is 23.5 Å². The van der Waals surface area contributed by atoms with Gasteiger partial charge in [-0.1, -0.05) is 5.16 Å². The lowest BCUT2D eigenvalue weighted by atomic mass is 9.96. The Morgan fingerprint density at radius 1 is 1.18 bits per heavy atom. The Morgan fingerprint density at radius 3 is 2.77 bits per heavy atom. The first-order valence-corrected chi connectivity index (χ1v) is 8.08. The maximum absolute atomic E-state index is 5.57. The van der Waals surface area contributed by atoms with Gasteiger partial charge in [0.15, 0.2) is 5.82 Å². The molecule has 22 heavy (non-hydrogen) atoms. The standard InChI is InChI=1S/C15H21N5O2/c1-9(14-18-17-10(2)21-14)20-7-3-4-12(8-20)13-16-15(22-19-13)11-5-6-11/h9,11-12H,3-8H2,1-2H3. The number of aromatic nitrogens is 4. The molecule has 0 spiro atoms. The van der Waals surface area contributed by atoms with Crippen LogP contribution in [0.2, 0.25) is 0 Å². The van der Waals surface area contributed by atoms with Gasteiger partial charge in [0.05, 0.1) is 6.04 Å². The highest BCUT2D eigenvalue weighted by atomic mass is 16.5. The minimum Gasteiger partial charge on any atom is -0.424 e. The van der Waals surface area contributed by atoms with Crippen LogP contribution in [0.1, 0.15) is 74.0 Å². The van der Waals surface area contributed by atoms with Crippen molar-refractivity contribution in [3.63, 3.8) is 0 Å². The van der Waals surface area contributed by atoms with Gasteiger partial charge in [-0.2, -0.15) is 4.98 Å². The van der Waals surface area contributed by atoms with Crippen LogP contribution in [-0.2, 0) is 0 Å². The number of likely N-dealkylation sites (tertiary alicyclic amines) is 1. The fourth-order valence-corrected chi connectivity index (χ4v) is 3.11. The predicted molar refractivity (Wildman–Crippen MR) is 77.3 cm³/mol. The summed E-state index contributed by atoms with van der Waals surface area (Å²) in [5.41, 5.74) is 0. The molecule has 2 fully saturated rings. The molecule has 2 aromatic heterocycles. The van der Waals surface area contributed by atoms with E-state index in [-0.39, 0.29) is 6.04 Å². The van der Waals surface area contributed by atoms with Crippen molar-refractivity contribution in [3.8, 4) is 0 Å². The summed E-state index contributed by atoms with van der Waals surface area (Å²) >= 11 is 0. The van der Waals surface area contributed by atoms with Crippen LogP contribution < -0.4 is 0 Å². The average Bonchev–Trinajstić information content (AvgIpc) is 3.10. The van der Waals surface area contributed by atoms with E-state index in [0.29, 0.717) is 23.6 Å². The molecule has 4 rings (SSSR count). The SMILES string of the molecule is Cc1nnc(C(C)N2CCCC(c3noc(C4CC4)n3)C2)o1. The molecular formula is C15H21N5O2. The van der Waals surface area contributed by atoms with Crippen LogP contribution in [0.25, 0.3) is 0 Å². The summed E-state index contributed by atoms with van der Waals surface area (Å²) in [6, 6.07) is 0.124. The molecule has 1 aliphatic carbocycles. The third-order valence-electron chi connectivity index (χ3n) is 4.65. The summed E-state index contributed by atoms with van der Waals surface area (Å²) in [5.74, 6) is 3.83. The van der Waals surface area contributed by atoms with Crippen molar-refractivity contribution >= 4 is 0 Å². The molecule has 7 heteroatoms. The minimum absolute atomic E-state index is 0.124. The average molecular weight is 303 g/mol. The Labute approximate surface area is 129 Å². The Balaban J connectivity index is 1.46. The molecule has 0 N–H and O–H groups in total. The molecule has 2 aliphatic rings. The zero-order valence-corrected chi connectivity index (χ0v) is 13.0. The molecule has 0 bridgehead atoms. The zero-order valence-electron chi connectivity index (χ0n) is 13.0. The van der Waals surface area contributed by atoms with E-state index in [1.807, 2.05) is 6.92 Å². The monoisotopic (exact) mass is 303 g/mol. The second kappa shape index (κ2) is 5.46. The Hall–Kier alpha value is -1.76. The molecule has 0 aromatic carbocycles. The van der Waals surface area contributed by atoms with E-state index in [4.69, 9.17) is 8.94 Å². The van der Waals surface area contributed by atoms with Crippen LogP contribution in [0.5, 0.6) is 0 Å². The lowest BCUT2D eigenvalue weighted by Crippen LogP contribution is -2.36. The summed E-state index contributed by atoms with van der Waals surface area (Å²) < 4.78 is 11.0. The molecule has 2 unspecified atom stereocenters. The van der Waals surface area contributed by atoms with Crippen molar-refractivity contribution in [2.75, 3.05) is 13.1 Å². The molecule has 1 saturated heterocycles. The van der Waals surface area contributed by atoms with Gasteiger partial charge in [-0.05, 0) is 39.2 Å². The third kappa shape index (κ3) is 2.65. The fraction of sp³-hybridized carbons (Fsp3) is 0.733. The summed E-state index contributed by atoms with van der Waals surface area (Å²) in [7, 11) is 0. The van der Waals surface area contributed by atoms with Crippen LogP contribution in [0.3, 0.4) is 0 Å². The van der Waals surface area contributed by atoms with E-state index in [1.54, 1.807) is 0 Å². The summed E-state index contributed by atoms with van der Waals surface area (Å²) in [6.07, 6.45) is 4.60. The molecule has 1 aliphatic heterocycles. The lowest BCUT2D eigenvalue weighted by Gasteiger charge is -2.34. The fourth-order valence-electron chi connectivity index (χ4n) is 3.11. The molecule has 2 aromatic rings. The van der Waals surface area contributed by atoms with Crippen molar-refractivity contribution in [1.29, 1.82) is 0 Å². The second-order valence-corrected chi connectivity index (χ2v) is 6.43. The lowest BCUT2D eigenvalue weighted by molar-refractivity contribution is 0.135. The van der Waals surface area contributed by atoms with Gasteiger partial charge in [0.2, 0.25) is 17.7 Å². The van der Waals surface area contributed by atoms with Crippen LogP contribution >= 0.6 is 0 Å². The minimum atomic E-state index is 0.124. The van der Waals surface area contributed by atoms with Gasteiger partial charge < -0.3 is 8.94 Å². The molecule has 1 saturated carbocycles. The first-order chi connectivity index (χ1) is 10.7. The number of rotatable bonds is 4. The number of piperidine rings is 1. The van der Waals surface area contributed by atoms with E-state index < -0.39 is 0 Å². The van der Waals surface area contributed by atoms with Gasteiger partial charge in [-0.15, -0.1) is 10.2 Å². The summed E-state index contributed by atoms with van der Waals surface area (Å²) in [4.78, 5) is 6.98. The van der Waals surface area contributed by atoms with E-state index in [2.05, 4.69) is 32.2 Å². The Kier molecular flexibility index (Phi) is 3.44. The number of hydrogen-bond donors (Lipinski definition) is 0. The molecular weight excluding hydrogens is 282 g/mol. The van der Waals surface area contributed by atoms with Gasteiger partial charge in [-0.3, -0.25) is 4.90 Å². The molecule has 0 radical (unpaired) electrons. The molecule has 0 amide bonds. The predicted octanol–water partition coefficient (Wildman–Crippen LogP) is 2.58. The zero-order chi connectivity index (χ0) is 15.1. The molecule has 118 valence electrons. The maximum Gasteiger partial charge on any atom is 0.233 e. The van der Waals surface area contributed by atoms with Crippen molar-refractivity contribution in [2.24, 2.45) is 0 Å². The van der Waals surface area contributed by atoms with Crippen molar-refractivity contribution in [1.82, 2.24) is 25.2 Å². The van der Waals surface area contributed by atoms with Crippen molar-refractivity contribution < 1.29 is 8.94 Å². The van der Waals surface area contributed by atoms with E-state index in [1.165, 1.54) is 12.8 Å². The third-order valence-corrected chi connectivity index (χ3v) is 4.65. The largest absolute Gasteiger partial charge is 0.424 e. The first kappa shape index (κ1) is 13.9. The highest BCUT2D eigenvalue weighted by Gasteiger charge is 2.33. The highest BCUT2D eigenvalue weighted by Crippen LogP contribution is 2.40. The van der Waals surface area contributed by atoms with Crippen molar-refractivity contribution in [2.45, 2.75) is 57.4 Å².